The number of nitrogens with one attached hydrogen (secondary N) is 1. The number of rotatable bonds is 16. The van der Waals surface area contributed by atoms with Gasteiger partial charge in [0.05, 0.1) is 46.5 Å². The van der Waals surface area contributed by atoms with Crippen molar-refractivity contribution < 1.29 is 70.5 Å². The van der Waals surface area contributed by atoms with E-state index < -0.39 is 84.9 Å². The molecule has 0 aliphatic heterocycles. The number of carbonyl (C=O) groups excluding carboxylic acids is 2. The SMILES string of the molecule is [2H]C1([2H])CCC([2H])([2H])C1C(C[N+]#[C-])n1cc(-c2ncnc3c2ccn3COC(=O)C(C)(C)C)cn1.[2H]C1([2H])CCC([2H])([2H])C1[C@@H](C[N+]#[C-])n1cc(-c2ncnc3[nH]ccc23)cn1.[2H]C1([2H])CCC([2H])([2H])C1[C@@H](C[N+]#[C-])n1cc(-c2ncnc3c2ccn3COC(=O)C(C)(C)C)cn1.[Na+].[OH-]. The van der Waals surface area contributed by atoms with Crippen molar-refractivity contribution in [2.45, 2.75) is 150 Å². The molecule has 0 spiro atoms. The Balaban J connectivity index is 0.000000189. The van der Waals surface area contributed by atoms with Gasteiger partial charge in [-0.05, 0) is 116 Å². The zero-order valence-electron chi connectivity index (χ0n) is 61.6. The van der Waals surface area contributed by atoms with Crippen LogP contribution < -0.4 is 29.6 Å². The minimum Gasteiger partial charge on any atom is -0.870 e. The molecule has 3 atom stereocenters. The van der Waals surface area contributed by atoms with Crippen LogP contribution in [-0.2, 0) is 32.5 Å². The smallest absolute Gasteiger partial charge is 0.870 e. The predicted octanol–water partition coefficient (Wildman–Crippen LogP) is 9.28. The largest absolute Gasteiger partial charge is 1.00 e. The molecular weight excluding hydrogens is 1110 g/mol. The Kier molecular flexibility index (Phi) is 16.7. The second-order valence-corrected chi connectivity index (χ2v) is 22.6. The summed E-state index contributed by atoms with van der Waals surface area (Å²) in [5, 5.41) is 15.4. The third-order valence-corrected chi connectivity index (χ3v) is 14.6. The quantitative estimate of drug-likeness (QED) is 0.0538. The molecule has 3 aliphatic carbocycles. The molecule has 3 saturated carbocycles. The van der Waals surface area contributed by atoms with Crippen molar-refractivity contribution in [1.82, 2.24) is 73.4 Å². The first-order valence-electron chi connectivity index (χ1n) is 33.9. The Labute approximate surface area is 545 Å². The van der Waals surface area contributed by atoms with Crippen LogP contribution in [0, 0.1) is 48.3 Å². The molecule has 87 heavy (non-hydrogen) atoms. The fraction of sp³-hybridized carbons (Fsp3) is 0.492. The second-order valence-electron chi connectivity index (χ2n) is 22.6. The average molecular weight is 1200 g/mol. The topological polar surface area (TPSA) is 252 Å². The summed E-state index contributed by atoms with van der Waals surface area (Å²) in [7, 11) is 0. The number of hydrogen-bond donors (Lipinski definition) is 1. The van der Waals surface area contributed by atoms with E-state index >= 15 is 0 Å². The Hall–Kier alpha value is -8.14. The zero-order valence-corrected chi connectivity index (χ0v) is 51.6. The van der Waals surface area contributed by atoms with Gasteiger partial charge in [0.1, 0.15) is 54.0 Å². The van der Waals surface area contributed by atoms with Crippen LogP contribution in [0.2, 0.25) is 0 Å². The molecule has 9 heterocycles. The standard InChI is InChI=1S/2C23H28N6O2.C17H18N6.Na.H2O/c2*1-23(2,3)22(30)31-15-28-10-9-18-20(25-14-26-21(18)28)17-11-27-29(13-17)19(12-24-4)16-7-5-6-8-16;1-18-9-15(12-4-2-3-5-12)23-10-13(8-22-23)16-14-6-7-19-17(14)21-11-20-16;;/h2*9-11,13-14,16,19H,5-8,12,15H2,1-3H3;6-8,10-12,15H,2-5,9H2,(H,19,20,21);;1H2/q;;;+1;/p-1/t19-;;15-;;/m1.1../s1/i2*7D2,8D2;4D2,5D2;;. The third-order valence-electron chi connectivity index (χ3n) is 14.6. The van der Waals surface area contributed by atoms with Gasteiger partial charge in [-0.1, -0.05) is 38.5 Å². The van der Waals surface area contributed by atoms with Gasteiger partial charge in [-0.25, -0.2) is 49.6 Å². The number of fused-ring (bicyclic) bond motifs is 3. The van der Waals surface area contributed by atoms with Crippen molar-refractivity contribution in [3.63, 3.8) is 0 Å². The first-order valence-corrected chi connectivity index (χ1v) is 27.9. The minimum absolute atomic E-state index is 0. The maximum Gasteiger partial charge on any atom is 1.00 e. The van der Waals surface area contributed by atoms with E-state index in [9.17, 15) is 9.59 Å². The van der Waals surface area contributed by atoms with Crippen LogP contribution in [0.3, 0.4) is 0 Å². The molecule has 0 radical (unpaired) electrons. The molecule has 24 heteroatoms. The molecule has 0 saturated heterocycles. The van der Waals surface area contributed by atoms with E-state index in [4.69, 9.17) is 45.6 Å². The molecule has 1 unspecified atom stereocenters. The van der Waals surface area contributed by atoms with Crippen molar-refractivity contribution in [3.8, 4) is 33.8 Å². The third kappa shape index (κ3) is 15.0. The number of carbonyl (C=O) groups is 2. The van der Waals surface area contributed by atoms with E-state index in [2.05, 4.69) is 64.7 Å². The molecule has 9 aromatic heterocycles. The van der Waals surface area contributed by atoms with Crippen LogP contribution in [0.4, 0.5) is 0 Å². The van der Waals surface area contributed by atoms with Crippen LogP contribution in [-0.4, -0.2) is 110 Å². The maximum atomic E-state index is 12.2. The van der Waals surface area contributed by atoms with E-state index in [1.807, 2.05) is 18.2 Å². The monoisotopic (exact) mass is 1200 g/mol. The second kappa shape index (κ2) is 29.0. The van der Waals surface area contributed by atoms with Gasteiger partial charge in [-0.3, -0.25) is 32.8 Å². The van der Waals surface area contributed by atoms with Crippen molar-refractivity contribution >= 4 is 45.0 Å². The summed E-state index contributed by atoms with van der Waals surface area (Å²) >= 11 is 0. The molecule has 0 amide bonds. The summed E-state index contributed by atoms with van der Waals surface area (Å²) in [5.74, 6) is -3.59. The van der Waals surface area contributed by atoms with Crippen molar-refractivity contribution in [3.05, 3.63) is 127 Å². The van der Waals surface area contributed by atoms with Crippen LogP contribution in [0.5, 0.6) is 0 Å². The Morgan fingerprint density at radius 3 is 1.25 bits per heavy atom. The molecular formula is C63H75N18NaO5. The van der Waals surface area contributed by atoms with E-state index in [0.717, 1.165) is 10.9 Å². The number of hydrogen-bond acceptors (Lipinski definition) is 14. The van der Waals surface area contributed by atoms with Gasteiger partial charge in [-0.15, -0.1) is 0 Å². The summed E-state index contributed by atoms with van der Waals surface area (Å²) in [6.07, 6.45) is 9.77. The normalized spacial score (nSPS) is 21.2. The average Bonchev–Trinajstić information content (AvgIpc) is 1.62. The Bertz CT molecular complexity index is 4250. The van der Waals surface area contributed by atoms with Crippen LogP contribution in [0.25, 0.3) is 81.4 Å². The molecule has 2 N–H and O–H groups in total. The molecule has 12 rings (SSSR count). The molecule has 448 valence electrons. The number of H-pyrrole nitrogens is 1. The zero-order chi connectivity index (χ0) is 70.4. The van der Waals surface area contributed by atoms with E-state index in [1.54, 1.807) is 106 Å². The fourth-order valence-corrected chi connectivity index (χ4v) is 10.1. The number of nitrogens with zero attached hydrogens (tertiary/aromatic N) is 17. The van der Waals surface area contributed by atoms with Crippen LogP contribution in [0.15, 0.2) is 93.0 Å². The molecule has 0 aromatic carbocycles. The summed E-state index contributed by atoms with van der Waals surface area (Å²) < 4.78 is 119. The Morgan fingerprint density at radius 2 is 0.908 bits per heavy atom. The Morgan fingerprint density at radius 1 is 0.563 bits per heavy atom. The van der Waals surface area contributed by atoms with Gasteiger partial charge in [0, 0.05) is 86.5 Å². The molecule has 0 bridgehead atoms. The molecule has 3 aliphatic rings. The first-order chi connectivity index (χ1) is 45.5. The van der Waals surface area contributed by atoms with Crippen LogP contribution in [0.1, 0.15) is 153 Å². The van der Waals surface area contributed by atoms with E-state index in [1.165, 1.54) is 33.0 Å². The summed E-state index contributed by atoms with van der Waals surface area (Å²) in [6.45, 7) is 32.5. The first kappa shape index (κ1) is 49.9. The van der Waals surface area contributed by atoms with Crippen molar-refractivity contribution in [1.29, 1.82) is 0 Å². The summed E-state index contributed by atoms with van der Waals surface area (Å²) in [5.41, 5.74) is 4.45. The molecule has 9 aromatic rings. The summed E-state index contributed by atoms with van der Waals surface area (Å²) in [6, 6.07) is 3.30. The van der Waals surface area contributed by atoms with Crippen molar-refractivity contribution in [2.75, 3.05) is 19.6 Å². The molecule has 23 nitrogen and oxygen atoms in total. The fourth-order valence-electron chi connectivity index (χ4n) is 10.1. The van der Waals surface area contributed by atoms with E-state index in [0.29, 0.717) is 55.9 Å². The maximum absolute atomic E-state index is 12.2. The van der Waals surface area contributed by atoms with Gasteiger partial charge in [-0.2, -0.15) is 15.3 Å². The van der Waals surface area contributed by atoms with Gasteiger partial charge >= 0.3 is 41.5 Å². The number of aromatic amines is 1. The van der Waals surface area contributed by atoms with Gasteiger partial charge in [0.2, 0.25) is 19.6 Å². The van der Waals surface area contributed by atoms with Gasteiger partial charge < -0.3 is 34.5 Å². The molecule has 3 fully saturated rings. The van der Waals surface area contributed by atoms with Crippen molar-refractivity contribution in [2.24, 2.45) is 28.6 Å². The predicted molar refractivity (Wildman–Crippen MR) is 323 cm³/mol. The van der Waals surface area contributed by atoms with E-state index in [-0.39, 0.29) is 119 Å². The van der Waals surface area contributed by atoms with Gasteiger partial charge in [0.15, 0.2) is 13.5 Å². The van der Waals surface area contributed by atoms with Crippen LogP contribution >= 0.6 is 0 Å². The summed E-state index contributed by atoms with van der Waals surface area (Å²) in [4.78, 5) is 63.7. The minimum atomic E-state index is -1.74. The number of esters is 2. The van der Waals surface area contributed by atoms with Gasteiger partial charge in [0.25, 0.3) is 0 Å². The number of aromatic nitrogens is 15. The number of ether oxygens (including phenoxy) is 2.